The second-order valence-electron chi connectivity index (χ2n) is 4.36. The van der Waals surface area contributed by atoms with Crippen LogP contribution in [0, 0.1) is 0 Å². The van der Waals surface area contributed by atoms with Gasteiger partial charge in [-0.2, -0.15) is 16.8 Å². The smallest absolute Gasteiger partial charge is 0.266 e. The molecule has 12 heteroatoms. The van der Waals surface area contributed by atoms with E-state index in [-0.39, 0.29) is 31.9 Å². The van der Waals surface area contributed by atoms with Crippen molar-refractivity contribution in [1.29, 1.82) is 0 Å². The van der Waals surface area contributed by atoms with Crippen LogP contribution in [0.1, 0.15) is 12.8 Å². The van der Waals surface area contributed by atoms with E-state index in [0.29, 0.717) is 0 Å². The fourth-order valence-corrected chi connectivity index (χ4v) is 2.46. The molecule has 0 saturated carbocycles. The predicted molar refractivity (Wildman–Crippen MR) is 76.1 cm³/mol. The van der Waals surface area contributed by atoms with Gasteiger partial charge in [0.15, 0.2) is 0 Å². The summed E-state index contributed by atoms with van der Waals surface area (Å²) in [6, 6.07) is 2.45. The van der Waals surface area contributed by atoms with Gasteiger partial charge in [-0.3, -0.25) is 13.9 Å². The van der Waals surface area contributed by atoms with Crippen LogP contribution in [-0.4, -0.2) is 53.8 Å². The molecule has 0 radical (unpaired) electrons. The van der Waals surface area contributed by atoms with Gasteiger partial charge in [0.2, 0.25) is 5.88 Å². The van der Waals surface area contributed by atoms with Crippen LogP contribution < -0.4 is 10.3 Å². The maximum atomic E-state index is 11.5. The van der Waals surface area contributed by atoms with E-state index in [1.807, 2.05) is 0 Å². The maximum Gasteiger partial charge on any atom is 0.266 e. The van der Waals surface area contributed by atoms with E-state index in [4.69, 9.17) is 13.8 Å². The Labute approximate surface area is 127 Å². The monoisotopic (exact) mass is 356 g/mol. The van der Waals surface area contributed by atoms with Gasteiger partial charge in [0, 0.05) is 18.7 Å². The molecule has 0 unspecified atom stereocenters. The molecule has 0 aromatic carbocycles. The molecular weight excluding hydrogens is 340 g/mol. The lowest BCUT2D eigenvalue weighted by Gasteiger charge is -2.07. The molecule has 0 amide bonds. The Morgan fingerprint density at radius 2 is 1.64 bits per heavy atom. The van der Waals surface area contributed by atoms with E-state index in [1.54, 1.807) is 0 Å². The summed E-state index contributed by atoms with van der Waals surface area (Å²) >= 11 is 0. The third kappa shape index (κ3) is 8.07. The lowest BCUT2D eigenvalue weighted by molar-refractivity contribution is 0.292. The van der Waals surface area contributed by atoms with Crippen molar-refractivity contribution in [3.8, 4) is 5.88 Å². The third-order valence-electron chi connectivity index (χ3n) is 2.41. The molecule has 1 heterocycles. The molecule has 0 atom stereocenters. The van der Waals surface area contributed by atoms with Crippen LogP contribution in [-0.2, 0) is 26.8 Å². The fraction of sp³-hybridized carbons (Fsp3) is 0.600. The lowest BCUT2D eigenvalue weighted by Crippen LogP contribution is -2.23. The van der Waals surface area contributed by atoms with Crippen molar-refractivity contribution >= 4 is 20.2 Å². The fourth-order valence-electron chi connectivity index (χ4n) is 1.48. The normalized spacial score (nSPS) is 12.3. The molecule has 1 aromatic rings. The minimum atomic E-state index is -4.10. The standard InChI is InChI=1S/C10H16N2O8S2/c13-10-4-3-9(20-6-2-8-22(17,18)19)11-12(10)5-1-7-21(14,15)16/h3-4H,1-2,5-8H2,(H,14,15,16)(H,17,18,19). The van der Waals surface area contributed by atoms with Crippen molar-refractivity contribution in [1.82, 2.24) is 9.78 Å². The quantitative estimate of drug-likeness (QED) is 0.426. The van der Waals surface area contributed by atoms with Crippen LogP contribution in [0.5, 0.6) is 5.88 Å². The van der Waals surface area contributed by atoms with Crippen molar-refractivity contribution in [3.63, 3.8) is 0 Å². The van der Waals surface area contributed by atoms with Gasteiger partial charge in [0.05, 0.1) is 18.1 Å². The van der Waals surface area contributed by atoms with Crippen LogP contribution in [0.25, 0.3) is 0 Å². The number of aryl methyl sites for hydroxylation is 1. The Hall–Kier alpha value is -1.50. The summed E-state index contributed by atoms with van der Waals surface area (Å²) in [5, 5.41) is 3.82. The van der Waals surface area contributed by atoms with E-state index in [0.717, 1.165) is 4.68 Å². The van der Waals surface area contributed by atoms with Gasteiger partial charge in [-0.25, -0.2) is 4.68 Å². The summed E-state index contributed by atoms with van der Waals surface area (Å²) in [4.78, 5) is 11.5. The van der Waals surface area contributed by atoms with Crippen LogP contribution in [0.2, 0.25) is 0 Å². The molecule has 0 aliphatic heterocycles. The Morgan fingerprint density at radius 3 is 2.23 bits per heavy atom. The number of nitrogens with zero attached hydrogens (tertiary/aromatic N) is 2. The molecule has 0 bridgehead atoms. The Balaban J connectivity index is 2.56. The predicted octanol–water partition coefficient (Wildman–Crippen LogP) is -0.822. The number of hydrogen-bond acceptors (Lipinski definition) is 7. The number of rotatable bonds is 9. The summed E-state index contributed by atoms with van der Waals surface area (Å²) in [5.41, 5.74) is -0.472. The highest BCUT2D eigenvalue weighted by molar-refractivity contribution is 7.86. The van der Waals surface area contributed by atoms with Gasteiger partial charge in [-0.05, 0) is 12.8 Å². The number of aromatic nitrogens is 2. The van der Waals surface area contributed by atoms with Gasteiger partial charge in [-0.1, -0.05) is 0 Å². The molecule has 1 aromatic heterocycles. The molecule has 1 rings (SSSR count). The first-order valence-electron chi connectivity index (χ1n) is 6.18. The lowest BCUT2D eigenvalue weighted by atomic mass is 10.4. The van der Waals surface area contributed by atoms with E-state index in [1.165, 1.54) is 12.1 Å². The van der Waals surface area contributed by atoms with Gasteiger partial charge in [-0.15, -0.1) is 5.10 Å². The van der Waals surface area contributed by atoms with E-state index >= 15 is 0 Å². The van der Waals surface area contributed by atoms with Crippen LogP contribution in [0.4, 0.5) is 0 Å². The second kappa shape index (κ2) is 7.67. The molecule has 0 spiro atoms. The first kappa shape index (κ1) is 18.5. The van der Waals surface area contributed by atoms with Crippen LogP contribution in [0.15, 0.2) is 16.9 Å². The highest BCUT2D eigenvalue weighted by Crippen LogP contribution is 2.03. The van der Waals surface area contributed by atoms with Crippen LogP contribution in [0.3, 0.4) is 0 Å². The van der Waals surface area contributed by atoms with Gasteiger partial charge in [0.25, 0.3) is 25.8 Å². The molecule has 0 aliphatic rings. The second-order valence-corrected chi connectivity index (χ2v) is 7.50. The first-order valence-corrected chi connectivity index (χ1v) is 9.40. The van der Waals surface area contributed by atoms with Crippen molar-refractivity contribution in [3.05, 3.63) is 22.5 Å². The average molecular weight is 356 g/mol. The molecular formula is C10H16N2O8S2. The van der Waals surface area contributed by atoms with Crippen molar-refractivity contribution < 1.29 is 30.7 Å². The summed E-state index contributed by atoms with van der Waals surface area (Å²) < 4.78 is 65.4. The van der Waals surface area contributed by atoms with E-state index in [9.17, 15) is 21.6 Å². The highest BCUT2D eigenvalue weighted by Gasteiger charge is 2.07. The molecule has 10 nitrogen and oxygen atoms in total. The van der Waals surface area contributed by atoms with E-state index < -0.39 is 37.3 Å². The zero-order valence-electron chi connectivity index (χ0n) is 11.5. The van der Waals surface area contributed by atoms with Crippen molar-refractivity contribution in [2.45, 2.75) is 19.4 Å². The van der Waals surface area contributed by atoms with Crippen molar-refractivity contribution in [2.75, 3.05) is 18.1 Å². The Kier molecular flexibility index (Phi) is 6.47. The minimum absolute atomic E-state index is 0.00203. The summed E-state index contributed by atoms with van der Waals surface area (Å²) in [6.07, 6.45) is 0.0420. The molecule has 0 fully saturated rings. The molecule has 126 valence electrons. The molecule has 0 saturated heterocycles. The maximum absolute atomic E-state index is 11.5. The summed E-state index contributed by atoms with van der Waals surface area (Å²) in [5.74, 6) is -0.900. The third-order valence-corrected chi connectivity index (χ3v) is 4.02. The topological polar surface area (TPSA) is 153 Å². The molecule has 2 N–H and O–H groups in total. The average Bonchev–Trinajstić information content (AvgIpc) is 2.35. The van der Waals surface area contributed by atoms with E-state index in [2.05, 4.69) is 5.10 Å². The van der Waals surface area contributed by atoms with Gasteiger partial charge < -0.3 is 4.74 Å². The van der Waals surface area contributed by atoms with Gasteiger partial charge in [0.1, 0.15) is 0 Å². The first-order chi connectivity index (χ1) is 10.1. The van der Waals surface area contributed by atoms with Gasteiger partial charge >= 0.3 is 0 Å². The highest BCUT2D eigenvalue weighted by atomic mass is 32.2. The SMILES string of the molecule is O=c1ccc(OCCCS(=O)(=O)O)nn1CCCS(=O)(=O)O. The van der Waals surface area contributed by atoms with Crippen LogP contribution >= 0.6 is 0 Å². The Bertz CT molecular complexity index is 753. The summed E-state index contributed by atoms with van der Waals surface area (Å²) in [7, 11) is -8.16. The summed E-state index contributed by atoms with van der Waals surface area (Å²) in [6.45, 7) is -0.0587. The number of hydrogen-bond donors (Lipinski definition) is 2. The zero-order chi connectivity index (χ0) is 16.8. The zero-order valence-corrected chi connectivity index (χ0v) is 13.1. The largest absolute Gasteiger partial charge is 0.477 e. The molecule has 0 aliphatic carbocycles. The minimum Gasteiger partial charge on any atom is -0.477 e. The Morgan fingerprint density at radius 1 is 1.05 bits per heavy atom. The number of ether oxygens (including phenoxy) is 1. The van der Waals surface area contributed by atoms with Crippen molar-refractivity contribution in [2.24, 2.45) is 0 Å². The molecule has 22 heavy (non-hydrogen) atoms.